The van der Waals surface area contributed by atoms with Crippen LogP contribution in [0.2, 0.25) is 0 Å². The molecule has 1 saturated heterocycles. The maximum Gasteiger partial charge on any atom is 0.354 e. The molecule has 1 fully saturated rings. The van der Waals surface area contributed by atoms with Crippen LogP contribution in [0.25, 0.3) is 0 Å². The van der Waals surface area contributed by atoms with Crippen molar-refractivity contribution in [1.29, 1.82) is 0 Å². The number of nitrogens with zero attached hydrogens (tertiary/aromatic N) is 2. The zero-order valence-corrected chi connectivity index (χ0v) is 15.6. The molecule has 0 bridgehead atoms. The molecule has 0 radical (unpaired) electrons. The molecule has 2 aromatic carbocycles. The number of fused-ring (bicyclic) bond motifs is 3. The van der Waals surface area contributed by atoms with Gasteiger partial charge in [-0.2, -0.15) is 0 Å². The third kappa shape index (κ3) is 2.79. The first-order chi connectivity index (χ1) is 13.9. The number of benzene rings is 2. The number of hydrogen-bond donors (Lipinski definition) is 0. The van der Waals surface area contributed by atoms with Gasteiger partial charge < -0.3 is 9.64 Å². The predicted octanol–water partition coefficient (Wildman–Crippen LogP) is 2.16. The Labute approximate surface area is 165 Å². The Hall–Kier alpha value is -3.55. The molecule has 0 aliphatic carbocycles. The van der Waals surface area contributed by atoms with Gasteiger partial charge in [0.1, 0.15) is 5.82 Å². The van der Waals surface area contributed by atoms with Crippen LogP contribution < -0.4 is 4.90 Å². The van der Waals surface area contributed by atoms with Crippen LogP contribution in [-0.2, 0) is 14.3 Å². The quantitative estimate of drug-likeness (QED) is 0.584. The monoisotopic (exact) mass is 396 g/mol. The number of rotatable bonds is 4. The van der Waals surface area contributed by atoms with E-state index in [2.05, 4.69) is 0 Å². The number of likely N-dealkylation sites (N-methyl/N-ethyl adjacent to an activating group) is 1. The van der Waals surface area contributed by atoms with Crippen LogP contribution in [0.1, 0.15) is 33.6 Å². The molecule has 0 N–H and O–H groups in total. The van der Waals surface area contributed by atoms with Crippen LogP contribution in [0.15, 0.2) is 48.5 Å². The molecule has 148 valence electrons. The zero-order chi connectivity index (χ0) is 20.8. The van der Waals surface area contributed by atoms with E-state index in [-0.39, 0.29) is 24.3 Å². The van der Waals surface area contributed by atoms with E-state index in [4.69, 9.17) is 4.74 Å². The van der Waals surface area contributed by atoms with Gasteiger partial charge in [-0.1, -0.05) is 12.1 Å². The summed E-state index contributed by atoms with van der Waals surface area (Å²) in [5.74, 6) is -2.58. The van der Waals surface area contributed by atoms with Gasteiger partial charge in [0.05, 0.1) is 11.3 Å². The van der Waals surface area contributed by atoms with Crippen LogP contribution in [0.5, 0.6) is 0 Å². The fraction of sp³-hybridized carbons (Fsp3) is 0.238. The Balaban J connectivity index is 1.63. The number of carbonyl (C=O) groups excluding carboxylic acids is 4. The summed E-state index contributed by atoms with van der Waals surface area (Å²) in [5.41, 5.74) is -0.781. The molecular formula is C21H17FN2O5. The second kappa shape index (κ2) is 6.80. The van der Waals surface area contributed by atoms with E-state index in [0.717, 1.165) is 12.1 Å². The lowest BCUT2D eigenvalue weighted by atomic mass is 9.97. The molecule has 0 aromatic heterocycles. The normalized spacial score (nSPS) is 20.3. The maximum atomic E-state index is 13.1. The highest BCUT2D eigenvalue weighted by molar-refractivity contribution is 6.15. The summed E-state index contributed by atoms with van der Waals surface area (Å²) in [6, 6.07) is 11.4. The van der Waals surface area contributed by atoms with Crippen LogP contribution >= 0.6 is 0 Å². The number of Topliss-reactive ketones (excluding diaryl/α,β-unsaturated/α-hetero) is 1. The minimum Gasteiger partial charge on any atom is -0.454 e. The molecular weight excluding hydrogens is 379 g/mol. The van der Waals surface area contributed by atoms with Crippen LogP contribution in [0.4, 0.5) is 10.1 Å². The van der Waals surface area contributed by atoms with Gasteiger partial charge in [0, 0.05) is 25.5 Å². The Morgan fingerprint density at radius 1 is 1.10 bits per heavy atom. The Morgan fingerprint density at radius 2 is 1.79 bits per heavy atom. The second-order valence-electron chi connectivity index (χ2n) is 6.93. The fourth-order valence-corrected chi connectivity index (χ4v) is 3.86. The molecule has 29 heavy (non-hydrogen) atoms. The molecule has 0 saturated carbocycles. The number of anilines is 1. The first-order valence-electron chi connectivity index (χ1n) is 9.02. The average Bonchev–Trinajstić information content (AvgIpc) is 3.09. The van der Waals surface area contributed by atoms with E-state index in [1.165, 1.54) is 29.0 Å². The van der Waals surface area contributed by atoms with Crippen molar-refractivity contribution in [3.63, 3.8) is 0 Å². The molecule has 1 atom stereocenters. The lowest BCUT2D eigenvalue weighted by molar-refractivity contribution is -0.155. The van der Waals surface area contributed by atoms with E-state index in [0.29, 0.717) is 11.3 Å². The Bertz CT molecular complexity index is 1040. The number of esters is 1. The third-order valence-electron chi connectivity index (χ3n) is 5.37. The van der Waals surface area contributed by atoms with E-state index in [1.54, 1.807) is 24.3 Å². The first kappa shape index (κ1) is 18.8. The zero-order valence-electron chi connectivity index (χ0n) is 15.6. The second-order valence-corrected chi connectivity index (χ2v) is 6.93. The summed E-state index contributed by atoms with van der Waals surface area (Å²) in [6.07, 6.45) is 0.124. The van der Waals surface area contributed by atoms with Gasteiger partial charge >= 0.3 is 5.97 Å². The molecule has 2 aliphatic heterocycles. The molecule has 8 heteroatoms. The van der Waals surface area contributed by atoms with E-state index >= 15 is 0 Å². The number of ether oxygens (including phenoxy) is 1. The molecule has 4 rings (SSSR count). The minimum absolute atomic E-state index is 0.0615. The van der Waals surface area contributed by atoms with Crippen LogP contribution in [-0.4, -0.2) is 47.8 Å². The summed E-state index contributed by atoms with van der Waals surface area (Å²) in [6.45, 7) is -0.585. The van der Waals surface area contributed by atoms with E-state index < -0.39 is 35.7 Å². The lowest BCUT2D eigenvalue weighted by Gasteiger charge is -2.46. The number of para-hydroxylation sites is 1. The van der Waals surface area contributed by atoms with E-state index in [1.807, 2.05) is 0 Å². The SMILES string of the molecule is CN1C(=O)c2ccccc2N2C(=O)CC[C@]12C(=O)OCC(=O)c1ccc(F)cc1. The summed E-state index contributed by atoms with van der Waals surface area (Å²) >= 11 is 0. The minimum atomic E-state index is -1.63. The van der Waals surface area contributed by atoms with Crippen molar-refractivity contribution in [3.8, 4) is 0 Å². The van der Waals surface area contributed by atoms with Gasteiger partial charge in [0.2, 0.25) is 11.6 Å². The number of carbonyl (C=O) groups is 4. The predicted molar refractivity (Wildman–Crippen MR) is 99.7 cm³/mol. The van der Waals surface area contributed by atoms with Crippen molar-refractivity contribution >= 4 is 29.3 Å². The topological polar surface area (TPSA) is 84.0 Å². The van der Waals surface area contributed by atoms with Crippen molar-refractivity contribution in [2.24, 2.45) is 0 Å². The van der Waals surface area contributed by atoms with Crippen molar-refractivity contribution in [3.05, 3.63) is 65.5 Å². The van der Waals surface area contributed by atoms with Crippen LogP contribution in [0.3, 0.4) is 0 Å². The number of amides is 2. The van der Waals surface area contributed by atoms with Crippen molar-refractivity contribution in [1.82, 2.24) is 4.90 Å². The highest BCUT2D eigenvalue weighted by Crippen LogP contribution is 2.44. The highest BCUT2D eigenvalue weighted by Gasteiger charge is 2.60. The van der Waals surface area contributed by atoms with Gasteiger partial charge in [-0.15, -0.1) is 0 Å². The summed E-state index contributed by atoms with van der Waals surface area (Å²) in [4.78, 5) is 53.3. The van der Waals surface area contributed by atoms with Crippen molar-refractivity contribution in [2.45, 2.75) is 18.5 Å². The molecule has 0 unspecified atom stereocenters. The summed E-state index contributed by atoms with van der Waals surface area (Å²) in [5, 5.41) is 0. The molecule has 2 heterocycles. The molecule has 2 aromatic rings. The van der Waals surface area contributed by atoms with Gasteiger partial charge in [-0.3, -0.25) is 19.3 Å². The Morgan fingerprint density at radius 3 is 2.52 bits per heavy atom. The number of hydrogen-bond acceptors (Lipinski definition) is 5. The maximum absolute atomic E-state index is 13.1. The lowest BCUT2D eigenvalue weighted by Crippen LogP contribution is -2.67. The average molecular weight is 396 g/mol. The van der Waals surface area contributed by atoms with Crippen molar-refractivity contribution in [2.75, 3.05) is 18.6 Å². The third-order valence-corrected chi connectivity index (χ3v) is 5.37. The smallest absolute Gasteiger partial charge is 0.354 e. The molecule has 7 nitrogen and oxygen atoms in total. The van der Waals surface area contributed by atoms with Gasteiger partial charge in [-0.25, -0.2) is 9.18 Å². The van der Waals surface area contributed by atoms with E-state index in [9.17, 15) is 23.6 Å². The highest BCUT2D eigenvalue weighted by atomic mass is 19.1. The largest absolute Gasteiger partial charge is 0.454 e. The number of halogens is 1. The van der Waals surface area contributed by atoms with Gasteiger partial charge in [0.15, 0.2) is 12.4 Å². The van der Waals surface area contributed by atoms with Crippen molar-refractivity contribution < 1.29 is 28.3 Å². The molecule has 2 aliphatic rings. The van der Waals surface area contributed by atoms with Gasteiger partial charge in [-0.05, 0) is 36.4 Å². The standard InChI is InChI=1S/C21H17FN2O5/c1-23-19(27)15-4-2-3-5-16(15)24-18(26)10-11-21(23,24)20(28)29-12-17(25)13-6-8-14(22)9-7-13/h2-9H,10-12H2,1H3/t21-/m0/s1. The molecule has 0 spiro atoms. The molecule has 2 amide bonds. The fourth-order valence-electron chi connectivity index (χ4n) is 3.86. The van der Waals surface area contributed by atoms with Crippen LogP contribution in [0, 0.1) is 5.82 Å². The Kier molecular flexibility index (Phi) is 4.41. The van der Waals surface area contributed by atoms with Gasteiger partial charge in [0.25, 0.3) is 5.91 Å². The first-order valence-corrected chi connectivity index (χ1v) is 9.02. The summed E-state index contributed by atoms with van der Waals surface area (Å²) in [7, 11) is 1.44. The number of ketones is 1. The summed E-state index contributed by atoms with van der Waals surface area (Å²) < 4.78 is 18.3.